The summed E-state index contributed by atoms with van der Waals surface area (Å²) in [6.07, 6.45) is 6.37. The van der Waals surface area contributed by atoms with Gasteiger partial charge in [-0.3, -0.25) is 9.09 Å². The summed E-state index contributed by atoms with van der Waals surface area (Å²) in [5, 5.41) is 0.531. The molecule has 0 saturated heterocycles. The molecule has 0 fully saturated rings. The summed E-state index contributed by atoms with van der Waals surface area (Å²) in [6.45, 7) is 0. The highest BCUT2D eigenvalue weighted by Gasteiger charge is 2.45. The highest BCUT2D eigenvalue weighted by Crippen LogP contribution is 2.69. The number of benzene rings is 1. The van der Waals surface area contributed by atoms with Crippen molar-refractivity contribution < 1.29 is 18.0 Å². The van der Waals surface area contributed by atoms with Crippen molar-refractivity contribution in [3.63, 3.8) is 0 Å². The third-order valence-electron chi connectivity index (χ3n) is 3.47. The Bertz CT molecular complexity index is 706. The number of hydrogen-bond donors (Lipinski definition) is 0. The van der Waals surface area contributed by atoms with Gasteiger partial charge >= 0.3 is 7.60 Å². The van der Waals surface area contributed by atoms with E-state index in [0.29, 0.717) is 10.9 Å². The van der Waals surface area contributed by atoms with Crippen molar-refractivity contribution in [1.29, 1.82) is 0 Å². The molecule has 3 rings (SSSR count). The van der Waals surface area contributed by atoms with Crippen molar-refractivity contribution in [2.24, 2.45) is 0 Å². The Morgan fingerprint density at radius 3 is 2.67 bits per heavy atom. The first-order valence-electron chi connectivity index (χ1n) is 6.41. The Labute approximate surface area is 136 Å². The van der Waals surface area contributed by atoms with Gasteiger partial charge in [0.05, 0.1) is 5.31 Å². The zero-order valence-corrected chi connectivity index (χ0v) is 14.3. The first-order valence-corrected chi connectivity index (χ1v) is 9.03. The van der Waals surface area contributed by atoms with Gasteiger partial charge in [0.1, 0.15) is 11.9 Å². The van der Waals surface area contributed by atoms with E-state index in [4.69, 9.17) is 9.05 Å². The van der Waals surface area contributed by atoms with Crippen molar-refractivity contribution in [1.82, 2.24) is 0 Å². The standard InChI is InChI=1S/C15H13FIO3P/c1-19-21(18)15(11-6-8-12(16)9-7-11)13(17)14(20-21)10-4-2-3-5-10/h2-4,6-9,14H,5H2,1H3. The van der Waals surface area contributed by atoms with Crippen LogP contribution < -0.4 is 0 Å². The fourth-order valence-corrected chi connectivity index (χ4v) is 6.08. The quantitative estimate of drug-likeness (QED) is 0.509. The molecule has 1 aliphatic carbocycles. The van der Waals surface area contributed by atoms with Crippen LogP contribution in [0.25, 0.3) is 5.31 Å². The molecule has 1 aromatic carbocycles. The lowest BCUT2D eigenvalue weighted by Gasteiger charge is -2.15. The van der Waals surface area contributed by atoms with Crippen LogP contribution in [-0.2, 0) is 13.6 Å². The van der Waals surface area contributed by atoms with E-state index in [1.165, 1.54) is 19.2 Å². The predicted octanol–water partition coefficient (Wildman–Crippen LogP) is 5.05. The number of allylic oxidation sites excluding steroid dienone is 3. The fourth-order valence-electron chi connectivity index (χ4n) is 2.42. The van der Waals surface area contributed by atoms with Crippen LogP contribution in [0.15, 0.2) is 51.6 Å². The van der Waals surface area contributed by atoms with Crippen LogP contribution in [-0.4, -0.2) is 13.2 Å². The molecule has 2 aliphatic rings. The molecule has 1 aliphatic heterocycles. The first-order chi connectivity index (χ1) is 10.0. The lowest BCUT2D eigenvalue weighted by molar-refractivity contribution is 0.231. The molecule has 0 saturated carbocycles. The van der Waals surface area contributed by atoms with Crippen molar-refractivity contribution in [3.05, 3.63) is 63.0 Å². The van der Waals surface area contributed by atoms with Gasteiger partial charge in [0.25, 0.3) is 0 Å². The van der Waals surface area contributed by atoms with Crippen LogP contribution in [0.3, 0.4) is 0 Å². The van der Waals surface area contributed by atoms with Gasteiger partial charge in [-0.2, -0.15) is 0 Å². The maximum Gasteiger partial charge on any atom is 0.363 e. The Morgan fingerprint density at radius 2 is 2.10 bits per heavy atom. The Hall–Kier alpha value is -0.750. The molecule has 2 atom stereocenters. The summed E-state index contributed by atoms with van der Waals surface area (Å²) >= 11 is 2.15. The molecule has 6 heteroatoms. The maximum absolute atomic E-state index is 13.1. The second-order valence-corrected chi connectivity index (χ2v) is 7.92. The van der Waals surface area contributed by atoms with Gasteiger partial charge in [-0.25, -0.2) is 4.39 Å². The van der Waals surface area contributed by atoms with Gasteiger partial charge in [-0.1, -0.05) is 30.4 Å². The molecule has 110 valence electrons. The highest BCUT2D eigenvalue weighted by molar-refractivity contribution is 14.1. The normalized spacial score (nSPS) is 28.3. The molecule has 0 N–H and O–H groups in total. The average molecular weight is 418 g/mol. The first kappa shape index (κ1) is 15.2. The third-order valence-corrected chi connectivity index (χ3v) is 7.02. The van der Waals surface area contributed by atoms with Gasteiger partial charge in [-0.15, -0.1) is 0 Å². The minimum atomic E-state index is -3.38. The van der Waals surface area contributed by atoms with Crippen LogP contribution in [0, 0.1) is 5.82 Å². The van der Waals surface area contributed by atoms with Gasteiger partial charge in [0.15, 0.2) is 0 Å². The van der Waals surface area contributed by atoms with E-state index in [1.54, 1.807) is 12.1 Å². The Morgan fingerprint density at radius 1 is 1.38 bits per heavy atom. The SMILES string of the molecule is COP1(=O)OC(C2=CC=CC2)C(I)=C1c1ccc(F)cc1. The monoisotopic (exact) mass is 418 g/mol. The summed E-state index contributed by atoms with van der Waals surface area (Å²) in [6, 6.07) is 5.88. The molecule has 21 heavy (non-hydrogen) atoms. The van der Waals surface area contributed by atoms with Gasteiger partial charge in [-0.05, 0) is 52.3 Å². The fraction of sp³-hybridized carbons (Fsp3) is 0.200. The molecule has 0 spiro atoms. The Kier molecular flexibility index (Phi) is 4.19. The minimum Gasteiger partial charge on any atom is -0.309 e. The molecular formula is C15H13FIO3P. The van der Waals surface area contributed by atoms with Crippen LogP contribution in [0.2, 0.25) is 0 Å². The van der Waals surface area contributed by atoms with E-state index >= 15 is 0 Å². The van der Waals surface area contributed by atoms with E-state index < -0.39 is 7.60 Å². The lowest BCUT2D eigenvalue weighted by atomic mass is 10.1. The topological polar surface area (TPSA) is 35.5 Å². The molecular weight excluding hydrogens is 405 g/mol. The zero-order chi connectivity index (χ0) is 15.0. The number of rotatable bonds is 3. The molecule has 0 radical (unpaired) electrons. The summed E-state index contributed by atoms with van der Waals surface area (Å²) in [7, 11) is -2.01. The largest absolute Gasteiger partial charge is 0.363 e. The van der Waals surface area contributed by atoms with Gasteiger partial charge < -0.3 is 4.52 Å². The zero-order valence-electron chi connectivity index (χ0n) is 11.3. The summed E-state index contributed by atoms with van der Waals surface area (Å²) in [5.41, 5.74) is 1.72. The predicted molar refractivity (Wildman–Crippen MR) is 88.7 cm³/mol. The van der Waals surface area contributed by atoms with Crippen LogP contribution in [0.1, 0.15) is 12.0 Å². The molecule has 3 nitrogen and oxygen atoms in total. The van der Waals surface area contributed by atoms with Crippen molar-refractivity contribution >= 4 is 35.5 Å². The van der Waals surface area contributed by atoms with E-state index in [-0.39, 0.29) is 11.9 Å². The number of hydrogen-bond acceptors (Lipinski definition) is 3. The van der Waals surface area contributed by atoms with Crippen molar-refractivity contribution in [2.75, 3.05) is 7.11 Å². The average Bonchev–Trinajstić information content (AvgIpc) is 3.08. The minimum absolute atomic E-state index is 0.334. The van der Waals surface area contributed by atoms with Crippen molar-refractivity contribution in [2.45, 2.75) is 12.5 Å². The van der Waals surface area contributed by atoms with Crippen LogP contribution in [0.5, 0.6) is 0 Å². The lowest BCUT2D eigenvalue weighted by Crippen LogP contribution is -2.08. The Balaban J connectivity index is 2.08. The molecule has 0 aromatic heterocycles. The summed E-state index contributed by atoms with van der Waals surface area (Å²) in [5.74, 6) is -0.334. The molecule has 1 aromatic rings. The van der Waals surface area contributed by atoms with Crippen LogP contribution in [0.4, 0.5) is 4.39 Å². The maximum atomic E-state index is 13.1. The summed E-state index contributed by atoms with van der Waals surface area (Å²) < 4.78 is 37.8. The van der Waals surface area contributed by atoms with E-state index in [9.17, 15) is 8.96 Å². The van der Waals surface area contributed by atoms with Crippen molar-refractivity contribution in [3.8, 4) is 0 Å². The van der Waals surface area contributed by atoms with Gasteiger partial charge in [0.2, 0.25) is 0 Å². The molecule has 2 unspecified atom stereocenters. The smallest absolute Gasteiger partial charge is 0.309 e. The molecule has 0 bridgehead atoms. The van der Waals surface area contributed by atoms with E-state index in [2.05, 4.69) is 22.6 Å². The molecule has 0 amide bonds. The highest BCUT2D eigenvalue weighted by atomic mass is 127. The van der Waals surface area contributed by atoms with E-state index in [1.807, 2.05) is 18.2 Å². The van der Waals surface area contributed by atoms with Crippen LogP contribution >= 0.6 is 30.2 Å². The second-order valence-electron chi connectivity index (χ2n) is 4.74. The number of halogens is 2. The van der Waals surface area contributed by atoms with Gasteiger partial charge in [0, 0.05) is 10.7 Å². The summed E-state index contributed by atoms with van der Waals surface area (Å²) in [4.78, 5) is 0. The third kappa shape index (κ3) is 2.68. The molecule has 1 heterocycles. The van der Waals surface area contributed by atoms with E-state index in [0.717, 1.165) is 15.6 Å². The second kappa shape index (κ2) is 5.80.